The van der Waals surface area contributed by atoms with Gasteiger partial charge in [0.25, 0.3) is 0 Å². The number of pyridine rings is 1. The number of hydrogen-bond donors (Lipinski definition) is 2. The van der Waals surface area contributed by atoms with E-state index in [9.17, 15) is 4.39 Å². The van der Waals surface area contributed by atoms with E-state index in [0.29, 0.717) is 17.9 Å². The molecule has 0 amide bonds. The lowest BCUT2D eigenvalue weighted by atomic mass is 10.2. The fraction of sp³-hybridized carbons (Fsp3) is 0.154. The van der Waals surface area contributed by atoms with Gasteiger partial charge in [0, 0.05) is 30.9 Å². The average Bonchev–Trinajstić information content (AvgIpc) is 2.37. The molecule has 0 aliphatic carbocycles. The molecule has 0 spiro atoms. The third-order valence-corrected chi connectivity index (χ3v) is 2.80. The topological polar surface area (TPSA) is 50.9 Å². The number of anilines is 2. The van der Waals surface area contributed by atoms with E-state index in [0.717, 1.165) is 12.1 Å². The molecular formula is C13H13ClFN3. The quantitative estimate of drug-likeness (QED) is 0.835. The number of nitrogen functional groups attached to an aromatic ring is 1. The molecule has 2 aromatic rings. The fourth-order valence-electron chi connectivity index (χ4n) is 1.59. The summed E-state index contributed by atoms with van der Waals surface area (Å²) in [6, 6.07) is 8.44. The Morgan fingerprint density at radius 1 is 1.33 bits per heavy atom. The van der Waals surface area contributed by atoms with Crippen molar-refractivity contribution in [2.24, 2.45) is 0 Å². The van der Waals surface area contributed by atoms with E-state index in [1.165, 1.54) is 12.1 Å². The molecule has 0 fully saturated rings. The summed E-state index contributed by atoms with van der Waals surface area (Å²) in [6.45, 7) is 0.627. The highest BCUT2D eigenvalue weighted by molar-refractivity contribution is 6.31. The number of benzene rings is 1. The molecule has 3 N–H and O–H groups in total. The number of nitrogens with one attached hydrogen (secondary N) is 1. The number of halogens is 2. The summed E-state index contributed by atoms with van der Waals surface area (Å²) in [5.74, 6) is -0.480. The monoisotopic (exact) mass is 265 g/mol. The number of hydrogen-bond acceptors (Lipinski definition) is 3. The van der Waals surface area contributed by atoms with Crippen LogP contribution in [-0.4, -0.2) is 11.5 Å². The van der Waals surface area contributed by atoms with Crippen LogP contribution in [-0.2, 0) is 6.42 Å². The molecule has 3 nitrogen and oxygen atoms in total. The van der Waals surface area contributed by atoms with E-state index in [-0.39, 0.29) is 5.02 Å². The third kappa shape index (κ3) is 3.11. The lowest BCUT2D eigenvalue weighted by Crippen LogP contribution is -2.08. The van der Waals surface area contributed by atoms with E-state index < -0.39 is 5.82 Å². The second-order valence-corrected chi connectivity index (χ2v) is 4.26. The van der Waals surface area contributed by atoms with Crippen LogP contribution in [0.3, 0.4) is 0 Å². The zero-order chi connectivity index (χ0) is 13.0. The Morgan fingerprint density at radius 3 is 2.89 bits per heavy atom. The maximum Gasteiger partial charge on any atom is 0.143 e. The van der Waals surface area contributed by atoms with Gasteiger partial charge in [-0.3, -0.25) is 4.98 Å². The minimum Gasteiger partial charge on any atom is -0.397 e. The number of aromatic nitrogens is 1. The van der Waals surface area contributed by atoms with Crippen molar-refractivity contribution in [3.63, 3.8) is 0 Å². The molecule has 0 saturated heterocycles. The second-order valence-electron chi connectivity index (χ2n) is 3.85. The predicted molar refractivity (Wildman–Crippen MR) is 72.3 cm³/mol. The van der Waals surface area contributed by atoms with E-state index in [2.05, 4.69) is 10.3 Å². The van der Waals surface area contributed by atoms with Crippen LogP contribution in [0.25, 0.3) is 0 Å². The van der Waals surface area contributed by atoms with Gasteiger partial charge >= 0.3 is 0 Å². The first-order valence-electron chi connectivity index (χ1n) is 5.55. The molecule has 0 aliphatic heterocycles. The van der Waals surface area contributed by atoms with Crippen LogP contribution in [0.5, 0.6) is 0 Å². The van der Waals surface area contributed by atoms with Gasteiger partial charge in [0.05, 0.1) is 16.4 Å². The van der Waals surface area contributed by atoms with Crippen molar-refractivity contribution >= 4 is 23.0 Å². The lowest BCUT2D eigenvalue weighted by molar-refractivity contribution is 0.629. The summed E-state index contributed by atoms with van der Waals surface area (Å²) in [5, 5.41) is 3.10. The maximum atomic E-state index is 13.3. The summed E-state index contributed by atoms with van der Waals surface area (Å²) < 4.78 is 13.3. The highest BCUT2D eigenvalue weighted by Crippen LogP contribution is 2.25. The summed E-state index contributed by atoms with van der Waals surface area (Å²) in [6.07, 6.45) is 2.48. The van der Waals surface area contributed by atoms with Crippen molar-refractivity contribution in [2.75, 3.05) is 17.6 Å². The Bertz CT molecular complexity index is 531. The van der Waals surface area contributed by atoms with Crippen molar-refractivity contribution in [1.82, 2.24) is 4.98 Å². The molecule has 2 rings (SSSR count). The van der Waals surface area contributed by atoms with Gasteiger partial charge in [-0.2, -0.15) is 0 Å². The van der Waals surface area contributed by atoms with Crippen LogP contribution in [0.1, 0.15) is 5.69 Å². The Balaban J connectivity index is 1.97. The zero-order valence-electron chi connectivity index (χ0n) is 9.66. The Hall–Kier alpha value is -1.81. The first kappa shape index (κ1) is 12.6. The second kappa shape index (κ2) is 5.69. The largest absolute Gasteiger partial charge is 0.397 e. The van der Waals surface area contributed by atoms with Gasteiger partial charge in [-0.15, -0.1) is 0 Å². The van der Waals surface area contributed by atoms with Gasteiger partial charge in [-0.05, 0) is 18.2 Å². The summed E-state index contributed by atoms with van der Waals surface area (Å²) in [5.41, 5.74) is 7.69. The van der Waals surface area contributed by atoms with E-state index >= 15 is 0 Å². The maximum absolute atomic E-state index is 13.3. The van der Waals surface area contributed by atoms with Crippen molar-refractivity contribution in [1.29, 1.82) is 0 Å². The number of nitrogens with two attached hydrogens (primary N) is 1. The molecule has 0 unspecified atom stereocenters. The Morgan fingerprint density at radius 2 is 2.17 bits per heavy atom. The van der Waals surface area contributed by atoms with Gasteiger partial charge in [-0.25, -0.2) is 4.39 Å². The van der Waals surface area contributed by atoms with Crippen LogP contribution in [0.15, 0.2) is 36.5 Å². The van der Waals surface area contributed by atoms with Gasteiger partial charge in [0.1, 0.15) is 5.82 Å². The number of rotatable bonds is 4. The lowest BCUT2D eigenvalue weighted by Gasteiger charge is -2.09. The molecule has 1 aromatic carbocycles. The molecular weight excluding hydrogens is 253 g/mol. The summed E-state index contributed by atoms with van der Waals surface area (Å²) >= 11 is 5.62. The third-order valence-electron chi connectivity index (χ3n) is 2.52. The minimum atomic E-state index is -0.480. The van der Waals surface area contributed by atoms with Gasteiger partial charge in [-0.1, -0.05) is 17.7 Å². The van der Waals surface area contributed by atoms with Gasteiger partial charge in [0.2, 0.25) is 0 Å². The highest BCUT2D eigenvalue weighted by atomic mass is 35.5. The Labute approximate surface area is 110 Å². The average molecular weight is 266 g/mol. The summed E-state index contributed by atoms with van der Waals surface area (Å²) in [7, 11) is 0. The smallest absolute Gasteiger partial charge is 0.143 e. The standard InChI is InChI=1S/C13H13ClFN3/c14-10-7-12(16)13(8-11(10)15)18-6-4-9-3-1-2-5-17-9/h1-3,5,7-8,18H,4,6,16H2. The SMILES string of the molecule is Nc1cc(Cl)c(F)cc1NCCc1ccccn1. The van der Waals surface area contributed by atoms with E-state index in [4.69, 9.17) is 17.3 Å². The Kier molecular flexibility index (Phi) is 3.99. The van der Waals surface area contributed by atoms with Crippen LogP contribution < -0.4 is 11.1 Å². The molecule has 0 saturated carbocycles. The van der Waals surface area contributed by atoms with Crippen LogP contribution >= 0.6 is 11.6 Å². The van der Waals surface area contributed by atoms with Crippen molar-refractivity contribution in [3.05, 3.63) is 53.1 Å². The molecule has 1 aromatic heterocycles. The first-order chi connectivity index (χ1) is 8.66. The minimum absolute atomic E-state index is 0.0303. The first-order valence-corrected chi connectivity index (χ1v) is 5.93. The van der Waals surface area contributed by atoms with Crippen molar-refractivity contribution < 1.29 is 4.39 Å². The van der Waals surface area contributed by atoms with Crippen LogP contribution in [0, 0.1) is 5.82 Å². The van der Waals surface area contributed by atoms with Gasteiger partial charge < -0.3 is 11.1 Å². The molecule has 0 bridgehead atoms. The van der Waals surface area contributed by atoms with Crippen LogP contribution in [0.2, 0.25) is 5.02 Å². The van der Waals surface area contributed by atoms with E-state index in [1.807, 2.05) is 18.2 Å². The zero-order valence-corrected chi connectivity index (χ0v) is 10.4. The van der Waals surface area contributed by atoms with Crippen molar-refractivity contribution in [2.45, 2.75) is 6.42 Å². The highest BCUT2D eigenvalue weighted by Gasteiger charge is 2.05. The molecule has 5 heteroatoms. The molecule has 94 valence electrons. The van der Waals surface area contributed by atoms with E-state index in [1.54, 1.807) is 6.20 Å². The van der Waals surface area contributed by atoms with Crippen molar-refractivity contribution in [3.8, 4) is 0 Å². The van der Waals surface area contributed by atoms with Crippen LogP contribution in [0.4, 0.5) is 15.8 Å². The molecule has 1 heterocycles. The summed E-state index contributed by atoms with van der Waals surface area (Å²) in [4.78, 5) is 4.20. The molecule has 0 aliphatic rings. The molecule has 0 atom stereocenters. The fourth-order valence-corrected chi connectivity index (χ4v) is 1.76. The number of nitrogens with zero attached hydrogens (tertiary/aromatic N) is 1. The predicted octanol–water partition coefficient (Wildman–Crippen LogP) is 3.11. The molecule has 0 radical (unpaired) electrons. The normalized spacial score (nSPS) is 10.3. The van der Waals surface area contributed by atoms with Gasteiger partial charge in [0.15, 0.2) is 0 Å². The molecule has 18 heavy (non-hydrogen) atoms.